The Labute approximate surface area is 219 Å². The molecule has 0 N–H and O–H groups in total. The number of carbonyl (C=O) groups is 1. The van der Waals surface area contributed by atoms with Gasteiger partial charge < -0.3 is 4.74 Å². The third-order valence-corrected chi connectivity index (χ3v) is 6.60. The predicted molar refractivity (Wildman–Crippen MR) is 136 cm³/mol. The van der Waals surface area contributed by atoms with Gasteiger partial charge in [-0.15, -0.1) is 15.3 Å². The van der Waals surface area contributed by atoms with E-state index in [9.17, 15) is 4.79 Å². The van der Waals surface area contributed by atoms with Crippen LogP contribution in [0.5, 0.6) is 0 Å². The van der Waals surface area contributed by atoms with Crippen LogP contribution in [0.2, 0.25) is 0 Å². The summed E-state index contributed by atoms with van der Waals surface area (Å²) in [6, 6.07) is 7.22. The summed E-state index contributed by atoms with van der Waals surface area (Å²) in [6.45, 7) is 11.7. The number of benzene rings is 1. The van der Waals surface area contributed by atoms with Gasteiger partial charge in [-0.2, -0.15) is 0 Å². The molecule has 0 fully saturated rings. The molecular weight excluding hydrogens is 488 g/mol. The number of methoxy groups -OCH3 is 1. The number of rotatable bonds is 9. The van der Waals surface area contributed by atoms with Crippen LogP contribution in [0.4, 0.5) is 0 Å². The van der Waals surface area contributed by atoms with Crippen LogP contribution in [-0.2, 0) is 27.9 Å². The molecule has 0 unspecified atom stereocenters. The lowest BCUT2D eigenvalue weighted by atomic mass is 9.99. The molecule has 0 spiro atoms. The van der Waals surface area contributed by atoms with E-state index in [1.54, 1.807) is 46.2 Å². The molecule has 0 aliphatic carbocycles. The number of nitrogens with zero attached hydrogens (tertiary/aromatic N) is 12. The highest BCUT2D eigenvalue weighted by Crippen LogP contribution is 2.29. The molecule has 14 nitrogen and oxygen atoms in total. The zero-order valence-corrected chi connectivity index (χ0v) is 22.4. The molecule has 198 valence electrons. The molecule has 0 radical (unpaired) electrons. The molecule has 0 saturated carbocycles. The van der Waals surface area contributed by atoms with E-state index >= 15 is 0 Å². The first-order valence-electron chi connectivity index (χ1n) is 11.9. The largest absolute Gasteiger partial charge is 0.465 e. The molecule has 4 rings (SSSR count). The Morgan fingerprint density at radius 1 is 0.895 bits per heavy atom. The van der Waals surface area contributed by atoms with Gasteiger partial charge in [-0.1, -0.05) is 39.0 Å². The standard InChI is InChI=1S/C24H30N12O2/c1-22(2,29-30-25)18-14-35(32-26-18)24(5,6)20-15-36(33-28-20)23(3,4)19-13-34(31-27-19)12-16-10-8-9-11-17(16)21(37)38-7/h8-11,13-15H,12H2,1-7H3. The summed E-state index contributed by atoms with van der Waals surface area (Å²) in [6.07, 6.45) is 5.41. The van der Waals surface area contributed by atoms with Gasteiger partial charge in [-0.05, 0) is 58.7 Å². The van der Waals surface area contributed by atoms with E-state index in [1.165, 1.54) is 7.11 Å². The van der Waals surface area contributed by atoms with Gasteiger partial charge in [0.05, 0.1) is 49.0 Å². The smallest absolute Gasteiger partial charge is 0.338 e. The average Bonchev–Trinajstić information content (AvgIpc) is 3.65. The summed E-state index contributed by atoms with van der Waals surface area (Å²) in [5.41, 5.74) is 9.76. The van der Waals surface area contributed by atoms with Gasteiger partial charge in [0.1, 0.15) is 22.5 Å². The Morgan fingerprint density at radius 2 is 1.45 bits per heavy atom. The van der Waals surface area contributed by atoms with E-state index in [2.05, 4.69) is 41.0 Å². The minimum atomic E-state index is -0.841. The maximum Gasteiger partial charge on any atom is 0.338 e. The van der Waals surface area contributed by atoms with Crippen LogP contribution in [0.25, 0.3) is 10.4 Å². The van der Waals surface area contributed by atoms with Crippen LogP contribution in [0.15, 0.2) is 48.0 Å². The summed E-state index contributed by atoms with van der Waals surface area (Å²) < 4.78 is 9.96. The SMILES string of the molecule is COC(=O)c1ccccc1Cn1cc(C(C)(C)n2cc(C(C)(C)n3cc(C(C)(C)N=[N+]=[N-])nn3)nn2)nn1. The number of carbonyl (C=O) groups excluding carboxylic acids is 1. The van der Waals surface area contributed by atoms with Gasteiger partial charge in [-0.3, -0.25) is 0 Å². The first-order valence-corrected chi connectivity index (χ1v) is 11.9. The third kappa shape index (κ3) is 4.85. The van der Waals surface area contributed by atoms with Crippen molar-refractivity contribution in [3.8, 4) is 0 Å². The van der Waals surface area contributed by atoms with Crippen molar-refractivity contribution in [2.24, 2.45) is 5.11 Å². The highest BCUT2D eigenvalue weighted by Gasteiger charge is 2.34. The van der Waals surface area contributed by atoms with Crippen molar-refractivity contribution in [1.29, 1.82) is 0 Å². The zero-order valence-electron chi connectivity index (χ0n) is 22.4. The van der Waals surface area contributed by atoms with Crippen LogP contribution in [0.1, 0.15) is 74.5 Å². The van der Waals surface area contributed by atoms with E-state index in [0.717, 1.165) is 5.56 Å². The highest BCUT2D eigenvalue weighted by molar-refractivity contribution is 5.90. The number of hydrogen-bond donors (Lipinski definition) is 0. The van der Waals surface area contributed by atoms with Crippen molar-refractivity contribution in [2.75, 3.05) is 7.11 Å². The molecule has 0 atom stereocenters. The second-order valence-corrected chi connectivity index (χ2v) is 10.4. The molecular formula is C24H30N12O2. The summed E-state index contributed by atoms with van der Waals surface area (Å²) >= 11 is 0. The van der Waals surface area contributed by atoms with E-state index < -0.39 is 22.6 Å². The van der Waals surface area contributed by atoms with Crippen molar-refractivity contribution in [2.45, 2.75) is 64.7 Å². The lowest BCUT2D eigenvalue weighted by Crippen LogP contribution is -2.30. The lowest BCUT2D eigenvalue weighted by Gasteiger charge is -2.23. The number of esters is 1. The molecule has 1 aromatic carbocycles. The Morgan fingerprint density at radius 3 is 2.08 bits per heavy atom. The van der Waals surface area contributed by atoms with Crippen molar-refractivity contribution in [3.63, 3.8) is 0 Å². The normalized spacial score (nSPS) is 12.3. The fourth-order valence-corrected chi connectivity index (χ4v) is 3.83. The van der Waals surface area contributed by atoms with E-state index in [4.69, 9.17) is 10.3 Å². The van der Waals surface area contributed by atoms with Crippen LogP contribution < -0.4 is 0 Å². The van der Waals surface area contributed by atoms with Gasteiger partial charge in [0.15, 0.2) is 0 Å². The Balaban J connectivity index is 1.58. The molecule has 0 aliphatic rings. The minimum absolute atomic E-state index is 0.352. The summed E-state index contributed by atoms with van der Waals surface area (Å²) in [4.78, 5) is 15.0. The van der Waals surface area contributed by atoms with Crippen molar-refractivity contribution in [3.05, 3.63) is 81.5 Å². The second-order valence-electron chi connectivity index (χ2n) is 10.4. The molecule has 0 amide bonds. The first kappa shape index (κ1) is 26.5. The van der Waals surface area contributed by atoms with Gasteiger partial charge >= 0.3 is 5.97 Å². The fraction of sp³-hybridized carbons (Fsp3) is 0.458. The zero-order chi connectivity index (χ0) is 27.7. The van der Waals surface area contributed by atoms with Crippen LogP contribution in [0, 0.1) is 0 Å². The van der Waals surface area contributed by atoms with Crippen molar-refractivity contribution < 1.29 is 9.53 Å². The molecule has 0 aliphatic heterocycles. The molecule has 0 bridgehead atoms. The topological polar surface area (TPSA) is 167 Å². The van der Waals surface area contributed by atoms with Gasteiger partial charge in [0.25, 0.3) is 0 Å². The quantitative estimate of drug-likeness (QED) is 0.141. The van der Waals surface area contributed by atoms with Crippen molar-refractivity contribution >= 4 is 5.97 Å². The molecule has 0 saturated heterocycles. The maximum absolute atomic E-state index is 12.1. The van der Waals surface area contributed by atoms with Crippen LogP contribution >= 0.6 is 0 Å². The number of ether oxygens (including phenoxy) is 1. The number of hydrogen-bond acceptors (Lipinski definition) is 9. The Kier molecular flexibility index (Phi) is 6.77. The molecule has 3 heterocycles. The Bertz CT molecular complexity index is 1500. The van der Waals surface area contributed by atoms with Crippen LogP contribution in [-0.4, -0.2) is 58.1 Å². The summed E-state index contributed by atoms with van der Waals surface area (Å²) in [5, 5.41) is 29.7. The fourth-order valence-electron chi connectivity index (χ4n) is 3.83. The van der Waals surface area contributed by atoms with Crippen molar-refractivity contribution in [1.82, 2.24) is 45.0 Å². The van der Waals surface area contributed by atoms with Gasteiger partial charge in [0, 0.05) is 4.91 Å². The molecule has 14 heteroatoms. The van der Waals surface area contributed by atoms with E-state index in [-0.39, 0.29) is 0 Å². The molecule has 3 aromatic heterocycles. The number of aromatic nitrogens is 9. The maximum atomic E-state index is 12.1. The summed E-state index contributed by atoms with van der Waals surface area (Å²) in [7, 11) is 1.36. The van der Waals surface area contributed by atoms with Crippen LogP contribution in [0.3, 0.4) is 0 Å². The average molecular weight is 519 g/mol. The monoisotopic (exact) mass is 518 g/mol. The first-order chi connectivity index (χ1) is 17.9. The van der Waals surface area contributed by atoms with Gasteiger partial charge in [-0.25, -0.2) is 18.8 Å². The molecule has 4 aromatic rings. The number of azide groups is 1. The van der Waals surface area contributed by atoms with E-state index in [0.29, 0.717) is 29.2 Å². The predicted octanol–water partition coefficient (Wildman–Crippen LogP) is 3.41. The Hall–Kier alpha value is -4.58. The lowest BCUT2D eigenvalue weighted by molar-refractivity contribution is 0.0599. The second kappa shape index (κ2) is 9.71. The minimum Gasteiger partial charge on any atom is -0.465 e. The third-order valence-electron chi connectivity index (χ3n) is 6.60. The summed E-state index contributed by atoms with van der Waals surface area (Å²) in [5.74, 6) is -0.403. The van der Waals surface area contributed by atoms with Gasteiger partial charge in [0.2, 0.25) is 0 Å². The highest BCUT2D eigenvalue weighted by atomic mass is 16.5. The van der Waals surface area contributed by atoms with E-state index in [1.807, 2.05) is 52.2 Å². The molecule has 38 heavy (non-hydrogen) atoms.